The molecule has 1 unspecified atom stereocenters. The lowest BCUT2D eigenvalue weighted by molar-refractivity contribution is 0.0683. The molecule has 0 spiro atoms. The molecule has 1 fully saturated rings. The molecule has 4 rings (SSSR count). The van der Waals surface area contributed by atoms with E-state index < -0.39 is 11.5 Å². The van der Waals surface area contributed by atoms with E-state index in [1.807, 2.05) is 48.5 Å². The average Bonchev–Trinajstić information content (AvgIpc) is 3.28. The van der Waals surface area contributed by atoms with Crippen molar-refractivity contribution >= 4 is 5.97 Å². The number of hydrogen-bond donors (Lipinski definition) is 2. The molecule has 2 heterocycles. The lowest BCUT2D eigenvalue weighted by Crippen LogP contribution is -2.25. The van der Waals surface area contributed by atoms with Crippen LogP contribution >= 0.6 is 0 Å². The van der Waals surface area contributed by atoms with Crippen molar-refractivity contribution in [2.75, 3.05) is 0 Å². The van der Waals surface area contributed by atoms with E-state index in [1.165, 1.54) is 0 Å². The van der Waals surface area contributed by atoms with E-state index in [4.69, 9.17) is 4.74 Å². The Bertz CT molecular complexity index is 1060. The number of aromatic amines is 1. The second-order valence-electron chi connectivity index (χ2n) is 7.49. The lowest BCUT2D eigenvalue weighted by atomic mass is 9.87. The van der Waals surface area contributed by atoms with Gasteiger partial charge in [-0.15, -0.1) is 0 Å². The van der Waals surface area contributed by atoms with Crippen LogP contribution in [0.25, 0.3) is 0 Å². The second-order valence-corrected chi connectivity index (χ2v) is 7.49. The van der Waals surface area contributed by atoms with Gasteiger partial charge in [0, 0.05) is 6.20 Å². The van der Waals surface area contributed by atoms with Gasteiger partial charge in [-0.1, -0.05) is 49.2 Å². The number of carboxylic acid groups (broad SMARTS) is 1. The van der Waals surface area contributed by atoms with Gasteiger partial charge >= 0.3 is 5.97 Å². The van der Waals surface area contributed by atoms with Gasteiger partial charge in [-0.05, 0) is 36.5 Å². The van der Waals surface area contributed by atoms with Crippen molar-refractivity contribution in [1.82, 2.24) is 15.0 Å². The van der Waals surface area contributed by atoms with Crippen molar-refractivity contribution < 1.29 is 14.6 Å². The molecular weight excluding hydrogens is 382 g/mol. The third kappa shape index (κ3) is 4.25. The number of pyridine rings is 1. The number of benzene rings is 1. The van der Waals surface area contributed by atoms with E-state index in [1.54, 1.807) is 6.20 Å². The Labute approximate surface area is 173 Å². The Kier molecular flexibility index (Phi) is 5.88. The van der Waals surface area contributed by atoms with Crippen LogP contribution in [0.3, 0.4) is 0 Å². The molecule has 0 radical (unpaired) electrons. The third-order valence-corrected chi connectivity index (χ3v) is 5.50. The molecule has 1 aromatic carbocycles. The first kappa shape index (κ1) is 19.8. The summed E-state index contributed by atoms with van der Waals surface area (Å²) in [4.78, 5) is 36.3. The molecule has 7 heteroatoms. The van der Waals surface area contributed by atoms with Crippen molar-refractivity contribution in [1.29, 1.82) is 0 Å². The quantitative estimate of drug-likeness (QED) is 0.620. The van der Waals surface area contributed by atoms with Gasteiger partial charge in [0.2, 0.25) is 5.75 Å². The lowest BCUT2D eigenvalue weighted by Gasteiger charge is -2.22. The Morgan fingerprint density at radius 2 is 1.87 bits per heavy atom. The van der Waals surface area contributed by atoms with Crippen LogP contribution < -0.4 is 10.3 Å². The Morgan fingerprint density at radius 1 is 1.13 bits per heavy atom. The first-order valence-electron chi connectivity index (χ1n) is 10.1. The van der Waals surface area contributed by atoms with Crippen LogP contribution in [0.4, 0.5) is 0 Å². The molecule has 3 aromatic rings. The summed E-state index contributed by atoms with van der Waals surface area (Å²) in [5.41, 5.74) is 0.646. The highest BCUT2D eigenvalue weighted by molar-refractivity contribution is 5.88. The minimum Gasteiger partial charge on any atom is -0.481 e. The van der Waals surface area contributed by atoms with E-state index >= 15 is 0 Å². The molecule has 1 saturated carbocycles. The maximum Gasteiger partial charge on any atom is 0.358 e. The van der Waals surface area contributed by atoms with Crippen LogP contribution in [-0.4, -0.2) is 26.0 Å². The van der Waals surface area contributed by atoms with Crippen molar-refractivity contribution in [3.05, 3.63) is 87.9 Å². The number of H-pyrrole nitrogens is 1. The van der Waals surface area contributed by atoms with Gasteiger partial charge in [0.1, 0.15) is 12.4 Å². The van der Waals surface area contributed by atoms with Crippen LogP contribution in [0.5, 0.6) is 5.75 Å². The van der Waals surface area contributed by atoms with Crippen LogP contribution in [0.15, 0.2) is 59.5 Å². The molecule has 0 amide bonds. The Balaban J connectivity index is 1.72. The fraction of sp³-hybridized carbons (Fsp3) is 0.304. The number of aromatic nitrogens is 3. The Hall–Kier alpha value is -3.48. The molecule has 7 nitrogen and oxygen atoms in total. The molecule has 0 bridgehead atoms. The number of hydrogen-bond acceptors (Lipinski definition) is 5. The third-order valence-electron chi connectivity index (χ3n) is 5.50. The van der Waals surface area contributed by atoms with Gasteiger partial charge in [-0.25, -0.2) is 9.78 Å². The highest BCUT2D eigenvalue weighted by Crippen LogP contribution is 2.39. The maximum atomic E-state index is 12.8. The van der Waals surface area contributed by atoms with Crippen molar-refractivity contribution in [3.8, 4) is 5.75 Å². The van der Waals surface area contributed by atoms with E-state index in [0.717, 1.165) is 36.9 Å². The number of ether oxygens (including phenoxy) is 1. The SMILES string of the molecule is O=C(O)c1nc(C(c2ccccn2)C2CCCC2)[nH]c(=O)c1OCc1ccccc1. The standard InChI is InChI=1S/C23H23N3O4/c27-22-20(30-14-15-8-2-1-3-9-15)19(23(28)29)25-21(26-22)18(16-10-4-5-11-16)17-12-6-7-13-24-17/h1-3,6-9,12-13,16,18H,4-5,10-11,14H2,(H,28,29)(H,25,26,27). The van der Waals surface area contributed by atoms with Crippen LogP contribution in [0.2, 0.25) is 0 Å². The highest BCUT2D eigenvalue weighted by Gasteiger charge is 2.32. The fourth-order valence-electron chi connectivity index (χ4n) is 4.09. The first-order valence-corrected chi connectivity index (χ1v) is 10.1. The largest absolute Gasteiger partial charge is 0.481 e. The first-order chi connectivity index (χ1) is 14.6. The van der Waals surface area contributed by atoms with Crippen LogP contribution in [-0.2, 0) is 6.61 Å². The van der Waals surface area contributed by atoms with Gasteiger partial charge in [0.05, 0.1) is 11.6 Å². The van der Waals surface area contributed by atoms with Gasteiger partial charge < -0.3 is 14.8 Å². The smallest absolute Gasteiger partial charge is 0.358 e. The molecule has 154 valence electrons. The zero-order chi connectivity index (χ0) is 20.9. The van der Waals surface area contributed by atoms with Gasteiger partial charge in [-0.3, -0.25) is 9.78 Å². The molecule has 0 saturated heterocycles. The van der Waals surface area contributed by atoms with Gasteiger partial charge in [-0.2, -0.15) is 0 Å². The van der Waals surface area contributed by atoms with Crippen molar-refractivity contribution in [3.63, 3.8) is 0 Å². The zero-order valence-corrected chi connectivity index (χ0v) is 16.5. The molecule has 1 aliphatic rings. The summed E-state index contributed by atoms with van der Waals surface area (Å²) in [6.07, 6.45) is 5.87. The average molecular weight is 405 g/mol. The summed E-state index contributed by atoms with van der Waals surface area (Å²) in [5.74, 6) is -1.25. The molecule has 2 N–H and O–H groups in total. The predicted molar refractivity (Wildman–Crippen MR) is 111 cm³/mol. The normalized spacial score (nSPS) is 15.1. The predicted octanol–water partition coefficient (Wildman–Crippen LogP) is 3.76. The van der Waals surface area contributed by atoms with Crippen LogP contribution in [0.1, 0.15) is 59.2 Å². The summed E-state index contributed by atoms with van der Waals surface area (Å²) in [7, 11) is 0. The zero-order valence-electron chi connectivity index (χ0n) is 16.5. The number of carboxylic acids is 1. The summed E-state index contributed by atoms with van der Waals surface area (Å²) in [6, 6.07) is 14.9. The molecule has 1 aliphatic carbocycles. The van der Waals surface area contributed by atoms with Gasteiger partial charge in [0.25, 0.3) is 5.56 Å². The summed E-state index contributed by atoms with van der Waals surface area (Å²) >= 11 is 0. The van der Waals surface area contributed by atoms with Crippen molar-refractivity contribution in [2.45, 2.75) is 38.2 Å². The van der Waals surface area contributed by atoms with E-state index in [2.05, 4.69) is 15.0 Å². The number of aromatic carboxylic acids is 1. The fourth-order valence-corrected chi connectivity index (χ4v) is 4.09. The molecular formula is C23H23N3O4. The second kappa shape index (κ2) is 8.90. The number of rotatable bonds is 7. The molecule has 1 atom stereocenters. The van der Waals surface area contributed by atoms with E-state index in [0.29, 0.717) is 5.82 Å². The number of nitrogens with zero attached hydrogens (tertiary/aromatic N) is 2. The minimum atomic E-state index is -1.29. The van der Waals surface area contributed by atoms with E-state index in [9.17, 15) is 14.7 Å². The minimum absolute atomic E-state index is 0.0809. The van der Waals surface area contributed by atoms with Gasteiger partial charge in [0.15, 0.2) is 5.69 Å². The van der Waals surface area contributed by atoms with Crippen LogP contribution in [0, 0.1) is 5.92 Å². The van der Waals surface area contributed by atoms with E-state index in [-0.39, 0.29) is 29.9 Å². The highest BCUT2D eigenvalue weighted by atomic mass is 16.5. The van der Waals surface area contributed by atoms with Crippen molar-refractivity contribution in [2.24, 2.45) is 5.92 Å². The summed E-state index contributed by atoms with van der Waals surface area (Å²) in [5, 5.41) is 9.72. The topological polar surface area (TPSA) is 105 Å². The Morgan fingerprint density at radius 3 is 2.53 bits per heavy atom. The number of nitrogens with one attached hydrogen (secondary N) is 1. The monoisotopic (exact) mass is 405 g/mol. The number of carbonyl (C=O) groups is 1. The molecule has 30 heavy (non-hydrogen) atoms. The maximum absolute atomic E-state index is 12.8. The summed E-state index contributed by atoms with van der Waals surface area (Å²) in [6.45, 7) is 0.0809. The summed E-state index contributed by atoms with van der Waals surface area (Å²) < 4.78 is 5.58. The molecule has 2 aromatic heterocycles. The molecule has 0 aliphatic heterocycles.